The highest BCUT2D eigenvalue weighted by Crippen LogP contribution is 2.22. The van der Waals surface area contributed by atoms with Crippen molar-refractivity contribution < 1.29 is 9.59 Å². The first kappa shape index (κ1) is 18.2. The summed E-state index contributed by atoms with van der Waals surface area (Å²) in [6, 6.07) is 25.2. The molecule has 3 aromatic rings. The van der Waals surface area contributed by atoms with Crippen LogP contribution in [0.2, 0.25) is 0 Å². The molecule has 0 radical (unpaired) electrons. The van der Waals surface area contributed by atoms with Crippen molar-refractivity contribution in [1.82, 2.24) is 5.32 Å². The minimum absolute atomic E-state index is 0.177. The van der Waals surface area contributed by atoms with Crippen LogP contribution in [0.5, 0.6) is 0 Å². The standard InChI is InChI=1S/C22H21N3O2/c1-23-21(26)17-11-8-14-19(15-17)24-20(16-9-4-2-5-10-16)22(27)25-18-12-6-3-7-13-18/h2-15,20,24H,1H3,(H,23,26)(H,25,27). The Balaban J connectivity index is 1.87. The van der Waals surface area contributed by atoms with Gasteiger partial charge < -0.3 is 16.0 Å². The van der Waals surface area contributed by atoms with Crippen molar-refractivity contribution in [2.24, 2.45) is 0 Å². The lowest BCUT2D eigenvalue weighted by Crippen LogP contribution is -2.27. The van der Waals surface area contributed by atoms with Gasteiger partial charge in [0.05, 0.1) is 0 Å². The number of carbonyl (C=O) groups excluding carboxylic acids is 2. The van der Waals surface area contributed by atoms with E-state index in [2.05, 4.69) is 16.0 Å². The van der Waals surface area contributed by atoms with Crippen LogP contribution in [0.1, 0.15) is 22.0 Å². The summed E-state index contributed by atoms with van der Waals surface area (Å²) < 4.78 is 0. The maximum atomic E-state index is 12.9. The van der Waals surface area contributed by atoms with Crippen LogP contribution >= 0.6 is 0 Å². The van der Waals surface area contributed by atoms with E-state index in [4.69, 9.17) is 0 Å². The molecule has 5 heteroatoms. The Labute approximate surface area is 158 Å². The van der Waals surface area contributed by atoms with Gasteiger partial charge in [0.15, 0.2) is 0 Å². The molecule has 0 saturated heterocycles. The molecule has 0 aliphatic heterocycles. The highest BCUT2D eigenvalue weighted by molar-refractivity contribution is 5.98. The van der Waals surface area contributed by atoms with Crippen LogP contribution in [0, 0.1) is 0 Å². The monoisotopic (exact) mass is 359 g/mol. The molecule has 0 heterocycles. The van der Waals surface area contributed by atoms with Gasteiger partial charge in [-0.15, -0.1) is 0 Å². The molecule has 5 nitrogen and oxygen atoms in total. The summed E-state index contributed by atoms with van der Waals surface area (Å²) in [5.41, 5.74) is 2.77. The average Bonchev–Trinajstić information content (AvgIpc) is 2.73. The minimum Gasteiger partial charge on any atom is -0.370 e. The van der Waals surface area contributed by atoms with Crippen LogP contribution in [0.3, 0.4) is 0 Å². The number of nitrogens with one attached hydrogen (secondary N) is 3. The molecule has 3 aromatic carbocycles. The lowest BCUT2D eigenvalue weighted by atomic mass is 10.0. The molecule has 1 atom stereocenters. The predicted octanol–water partition coefficient (Wildman–Crippen LogP) is 3.84. The number of amides is 2. The van der Waals surface area contributed by atoms with Crippen molar-refractivity contribution in [3.05, 3.63) is 96.1 Å². The number of hydrogen-bond acceptors (Lipinski definition) is 3. The van der Waals surface area contributed by atoms with E-state index in [-0.39, 0.29) is 11.8 Å². The molecule has 0 spiro atoms. The molecule has 1 unspecified atom stereocenters. The second kappa shape index (κ2) is 8.67. The van der Waals surface area contributed by atoms with E-state index in [0.717, 1.165) is 11.3 Å². The van der Waals surface area contributed by atoms with Crippen LogP contribution in [0.4, 0.5) is 11.4 Å². The van der Waals surface area contributed by atoms with Gasteiger partial charge >= 0.3 is 0 Å². The molecule has 3 rings (SSSR count). The summed E-state index contributed by atoms with van der Waals surface area (Å²) >= 11 is 0. The number of anilines is 2. The summed E-state index contributed by atoms with van der Waals surface area (Å²) in [4.78, 5) is 24.8. The Morgan fingerprint density at radius 2 is 1.41 bits per heavy atom. The summed E-state index contributed by atoms with van der Waals surface area (Å²) in [6.07, 6.45) is 0. The Bertz CT molecular complexity index is 911. The average molecular weight is 359 g/mol. The molecule has 27 heavy (non-hydrogen) atoms. The Hall–Kier alpha value is -3.60. The van der Waals surface area contributed by atoms with Gasteiger partial charge in [-0.05, 0) is 35.9 Å². The van der Waals surface area contributed by atoms with E-state index in [1.807, 2.05) is 66.7 Å². The minimum atomic E-state index is -0.605. The molecular formula is C22H21N3O2. The number of para-hydroxylation sites is 1. The summed E-state index contributed by atoms with van der Waals surface area (Å²) in [6.45, 7) is 0. The van der Waals surface area contributed by atoms with Crippen LogP contribution in [-0.2, 0) is 4.79 Å². The fourth-order valence-electron chi connectivity index (χ4n) is 2.74. The number of carbonyl (C=O) groups is 2. The SMILES string of the molecule is CNC(=O)c1cccc(NC(C(=O)Nc2ccccc2)c2ccccc2)c1. The van der Waals surface area contributed by atoms with E-state index < -0.39 is 6.04 Å². The first-order valence-electron chi connectivity index (χ1n) is 8.67. The fraction of sp³-hybridized carbons (Fsp3) is 0.0909. The van der Waals surface area contributed by atoms with Crippen LogP contribution in [0.15, 0.2) is 84.9 Å². The third-order valence-corrected chi connectivity index (χ3v) is 4.10. The third-order valence-electron chi connectivity index (χ3n) is 4.10. The van der Waals surface area contributed by atoms with Gasteiger partial charge in [-0.25, -0.2) is 0 Å². The van der Waals surface area contributed by atoms with E-state index in [9.17, 15) is 9.59 Å². The van der Waals surface area contributed by atoms with E-state index in [1.54, 1.807) is 25.2 Å². The van der Waals surface area contributed by atoms with Gasteiger partial charge in [-0.2, -0.15) is 0 Å². The molecule has 0 fully saturated rings. The lowest BCUT2D eigenvalue weighted by molar-refractivity contribution is -0.117. The van der Waals surface area contributed by atoms with E-state index in [1.165, 1.54) is 0 Å². The smallest absolute Gasteiger partial charge is 0.251 e. The molecule has 0 aliphatic carbocycles. The summed E-state index contributed by atoms with van der Waals surface area (Å²) in [5, 5.41) is 8.77. The Morgan fingerprint density at radius 1 is 0.778 bits per heavy atom. The Kier molecular flexibility index (Phi) is 5.84. The van der Waals surface area contributed by atoms with Gasteiger partial charge in [0.1, 0.15) is 6.04 Å². The van der Waals surface area contributed by atoms with Crippen LogP contribution < -0.4 is 16.0 Å². The molecule has 2 amide bonds. The van der Waals surface area contributed by atoms with Crippen molar-refractivity contribution in [3.8, 4) is 0 Å². The van der Waals surface area contributed by atoms with E-state index in [0.29, 0.717) is 11.3 Å². The summed E-state index contributed by atoms with van der Waals surface area (Å²) in [7, 11) is 1.59. The fourth-order valence-corrected chi connectivity index (χ4v) is 2.74. The zero-order valence-corrected chi connectivity index (χ0v) is 15.0. The highest BCUT2D eigenvalue weighted by atomic mass is 16.2. The first-order chi connectivity index (χ1) is 13.2. The molecule has 136 valence electrons. The normalized spacial score (nSPS) is 11.3. The third kappa shape index (κ3) is 4.73. The number of rotatable bonds is 6. The molecule has 3 N–H and O–H groups in total. The van der Waals surface area contributed by atoms with Crippen molar-refractivity contribution in [2.45, 2.75) is 6.04 Å². The van der Waals surface area contributed by atoms with E-state index >= 15 is 0 Å². The largest absolute Gasteiger partial charge is 0.370 e. The lowest BCUT2D eigenvalue weighted by Gasteiger charge is -2.20. The maximum absolute atomic E-state index is 12.9. The van der Waals surface area contributed by atoms with Gasteiger partial charge in [0, 0.05) is 24.0 Å². The van der Waals surface area contributed by atoms with Crippen molar-refractivity contribution in [3.63, 3.8) is 0 Å². The number of benzene rings is 3. The van der Waals surface area contributed by atoms with Gasteiger partial charge in [-0.1, -0.05) is 54.6 Å². The molecule has 0 saturated carbocycles. The van der Waals surface area contributed by atoms with Gasteiger partial charge in [-0.3, -0.25) is 9.59 Å². The number of hydrogen-bond donors (Lipinski definition) is 3. The van der Waals surface area contributed by atoms with Crippen LogP contribution in [-0.4, -0.2) is 18.9 Å². The zero-order valence-electron chi connectivity index (χ0n) is 15.0. The Morgan fingerprint density at radius 3 is 2.07 bits per heavy atom. The quantitative estimate of drug-likeness (QED) is 0.626. The van der Waals surface area contributed by atoms with Crippen molar-refractivity contribution in [2.75, 3.05) is 17.7 Å². The first-order valence-corrected chi connectivity index (χ1v) is 8.67. The molecular weight excluding hydrogens is 338 g/mol. The molecule has 0 aromatic heterocycles. The molecule has 0 aliphatic rings. The van der Waals surface area contributed by atoms with Gasteiger partial charge in [0.25, 0.3) is 11.8 Å². The maximum Gasteiger partial charge on any atom is 0.251 e. The van der Waals surface area contributed by atoms with Gasteiger partial charge in [0.2, 0.25) is 0 Å². The second-order valence-electron chi connectivity index (χ2n) is 6.00. The van der Waals surface area contributed by atoms with Crippen molar-refractivity contribution in [1.29, 1.82) is 0 Å². The zero-order chi connectivity index (χ0) is 19.1. The highest BCUT2D eigenvalue weighted by Gasteiger charge is 2.21. The predicted molar refractivity (Wildman–Crippen MR) is 108 cm³/mol. The van der Waals surface area contributed by atoms with Crippen LogP contribution in [0.25, 0.3) is 0 Å². The summed E-state index contributed by atoms with van der Waals surface area (Å²) in [5.74, 6) is -0.360. The van der Waals surface area contributed by atoms with Crippen molar-refractivity contribution >= 4 is 23.2 Å². The second-order valence-corrected chi connectivity index (χ2v) is 6.00. The topological polar surface area (TPSA) is 70.2 Å². The molecule has 0 bridgehead atoms.